The highest BCUT2D eigenvalue weighted by Crippen LogP contribution is 2.15. The molecule has 1 aromatic carbocycles. The van der Waals surface area contributed by atoms with Crippen molar-refractivity contribution in [2.24, 2.45) is 5.92 Å². The van der Waals surface area contributed by atoms with Crippen LogP contribution in [-0.4, -0.2) is 25.1 Å². The number of fused-ring (bicyclic) bond motifs is 1. The van der Waals surface area contributed by atoms with Crippen LogP contribution in [0.1, 0.15) is 31.0 Å². The number of aromatic nitrogens is 4. The number of imidazole rings is 1. The Kier molecular flexibility index (Phi) is 5.70. The van der Waals surface area contributed by atoms with E-state index in [-0.39, 0.29) is 5.91 Å². The minimum atomic E-state index is 0.0258. The molecule has 1 unspecified atom stereocenters. The molecule has 6 nitrogen and oxygen atoms in total. The van der Waals surface area contributed by atoms with Crippen molar-refractivity contribution in [3.05, 3.63) is 84.6 Å². The van der Waals surface area contributed by atoms with E-state index in [1.807, 2.05) is 47.3 Å². The Labute approximate surface area is 170 Å². The number of benzene rings is 1. The standard InChI is InChI=1S/C23H25N5O/c1-18(10-11-19-7-3-2-4-8-19)13-23(29)26-20-14-24-28(16-20)17-21-15-27-12-6-5-9-22(27)25-21/h2-9,12,14-16,18H,10-11,13,17H2,1H3,(H,26,29). The van der Waals surface area contributed by atoms with Gasteiger partial charge < -0.3 is 9.72 Å². The van der Waals surface area contributed by atoms with Crippen molar-refractivity contribution in [2.75, 3.05) is 5.32 Å². The van der Waals surface area contributed by atoms with E-state index >= 15 is 0 Å². The number of amides is 1. The third kappa shape index (κ3) is 5.10. The maximum absolute atomic E-state index is 12.4. The van der Waals surface area contributed by atoms with Gasteiger partial charge in [-0.1, -0.05) is 43.3 Å². The van der Waals surface area contributed by atoms with Gasteiger partial charge in [0.05, 0.1) is 24.1 Å². The fraction of sp³-hybridized carbons (Fsp3) is 0.261. The molecule has 4 aromatic rings. The lowest BCUT2D eigenvalue weighted by Gasteiger charge is -2.11. The van der Waals surface area contributed by atoms with Gasteiger partial charge in [0.25, 0.3) is 0 Å². The summed E-state index contributed by atoms with van der Waals surface area (Å²) in [7, 11) is 0. The van der Waals surface area contributed by atoms with Gasteiger partial charge in [-0.2, -0.15) is 5.10 Å². The van der Waals surface area contributed by atoms with Crippen LogP contribution < -0.4 is 5.32 Å². The average Bonchev–Trinajstić information content (AvgIpc) is 3.33. The van der Waals surface area contributed by atoms with Crippen LogP contribution in [0.3, 0.4) is 0 Å². The summed E-state index contributed by atoms with van der Waals surface area (Å²) >= 11 is 0. The first-order valence-corrected chi connectivity index (χ1v) is 9.94. The number of anilines is 1. The maximum atomic E-state index is 12.4. The van der Waals surface area contributed by atoms with E-state index in [0.717, 1.165) is 24.2 Å². The van der Waals surface area contributed by atoms with Gasteiger partial charge in [-0.15, -0.1) is 0 Å². The zero-order valence-electron chi connectivity index (χ0n) is 16.5. The van der Waals surface area contributed by atoms with Gasteiger partial charge in [-0.25, -0.2) is 4.98 Å². The first-order chi connectivity index (χ1) is 14.2. The molecule has 0 aliphatic heterocycles. The fourth-order valence-corrected chi connectivity index (χ4v) is 3.43. The number of carbonyl (C=O) groups excluding carboxylic acids is 1. The molecular weight excluding hydrogens is 362 g/mol. The third-order valence-electron chi connectivity index (χ3n) is 4.96. The SMILES string of the molecule is CC(CCc1ccccc1)CC(=O)Nc1cnn(Cc2cn3ccccc3n2)c1. The molecule has 0 saturated heterocycles. The second-order valence-electron chi connectivity index (χ2n) is 7.51. The van der Waals surface area contributed by atoms with E-state index in [1.54, 1.807) is 10.9 Å². The summed E-state index contributed by atoms with van der Waals surface area (Å²) in [6.45, 7) is 2.68. The largest absolute Gasteiger partial charge is 0.323 e. The normalized spacial score (nSPS) is 12.2. The molecule has 0 aliphatic carbocycles. The molecule has 29 heavy (non-hydrogen) atoms. The van der Waals surface area contributed by atoms with Crippen molar-refractivity contribution in [3.63, 3.8) is 0 Å². The van der Waals surface area contributed by atoms with Gasteiger partial charge in [0.2, 0.25) is 5.91 Å². The summed E-state index contributed by atoms with van der Waals surface area (Å²) in [5.41, 5.74) is 3.86. The van der Waals surface area contributed by atoms with Crippen molar-refractivity contribution in [1.29, 1.82) is 0 Å². The molecule has 0 spiro atoms. The summed E-state index contributed by atoms with van der Waals surface area (Å²) in [5.74, 6) is 0.348. The van der Waals surface area contributed by atoms with Crippen LogP contribution in [0.4, 0.5) is 5.69 Å². The Morgan fingerprint density at radius 1 is 1.10 bits per heavy atom. The molecule has 0 bridgehead atoms. The van der Waals surface area contributed by atoms with Crippen molar-refractivity contribution < 1.29 is 4.79 Å². The molecule has 3 heterocycles. The second-order valence-corrected chi connectivity index (χ2v) is 7.51. The number of nitrogens with zero attached hydrogens (tertiary/aromatic N) is 4. The molecule has 0 saturated carbocycles. The summed E-state index contributed by atoms with van der Waals surface area (Å²) in [5, 5.41) is 7.30. The number of pyridine rings is 1. The van der Waals surface area contributed by atoms with E-state index in [9.17, 15) is 4.79 Å². The Balaban J connectivity index is 1.27. The Hall–Kier alpha value is -3.41. The Morgan fingerprint density at radius 2 is 1.93 bits per heavy atom. The lowest BCUT2D eigenvalue weighted by atomic mass is 9.98. The summed E-state index contributed by atoms with van der Waals surface area (Å²) < 4.78 is 3.77. The molecule has 0 aliphatic rings. The summed E-state index contributed by atoms with van der Waals surface area (Å²) in [6.07, 6.45) is 9.98. The van der Waals surface area contributed by atoms with Gasteiger partial charge in [-0.05, 0) is 36.5 Å². The Morgan fingerprint density at radius 3 is 2.76 bits per heavy atom. The maximum Gasteiger partial charge on any atom is 0.224 e. The minimum absolute atomic E-state index is 0.0258. The van der Waals surface area contributed by atoms with Crippen LogP contribution in [0.15, 0.2) is 73.3 Å². The van der Waals surface area contributed by atoms with E-state index in [1.165, 1.54) is 5.56 Å². The van der Waals surface area contributed by atoms with Crippen molar-refractivity contribution >= 4 is 17.2 Å². The quantitative estimate of drug-likeness (QED) is 0.493. The topological polar surface area (TPSA) is 64.2 Å². The van der Waals surface area contributed by atoms with Gasteiger partial charge in [0.1, 0.15) is 5.65 Å². The van der Waals surface area contributed by atoms with Crippen LogP contribution in [0.25, 0.3) is 5.65 Å². The number of aryl methyl sites for hydroxylation is 1. The van der Waals surface area contributed by atoms with Crippen molar-refractivity contribution in [1.82, 2.24) is 19.2 Å². The Bertz CT molecular complexity index is 1050. The van der Waals surface area contributed by atoms with Gasteiger partial charge in [-0.3, -0.25) is 9.48 Å². The fourth-order valence-electron chi connectivity index (χ4n) is 3.43. The van der Waals surface area contributed by atoms with Crippen LogP contribution in [0.5, 0.6) is 0 Å². The first kappa shape index (κ1) is 18.9. The van der Waals surface area contributed by atoms with Crippen molar-refractivity contribution in [2.45, 2.75) is 32.7 Å². The highest BCUT2D eigenvalue weighted by molar-refractivity contribution is 5.90. The highest BCUT2D eigenvalue weighted by atomic mass is 16.1. The number of nitrogens with one attached hydrogen (secondary N) is 1. The van der Waals surface area contributed by atoms with Crippen LogP contribution in [-0.2, 0) is 17.8 Å². The summed E-state index contributed by atoms with van der Waals surface area (Å²) in [4.78, 5) is 16.9. The molecule has 0 radical (unpaired) electrons. The van der Waals surface area contributed by atoms with E-state index in [2.05, 4.69) is 46.6 Å². The van der Waals surface area contributed by atoms with Crippen LogP contribution in [0.2, 0.25) is 0 Å². The predicted octanol–water partition coefficient (Wildman–Crippen LogP) is 4.18. The molecule has 6 heteroatoms. The van der Waals surface area contributed by atoms with Crippen molar-refractivity contribution in [3.8, 4) is 0 Å². The molecule has 1 amide bonds. The van der Waals surface area contributed by atoms with Crippen LogP contribution >= 0.6 is 0 Å². The van der Waals surface area contributed by atoms with E-state index in [0.29, 0.717) is 24.6 Å². The lowest BCUT2D eigenvalue weighted by Crippen LogP contribution is -2.15. The van der Waals surface area contributed by atoms with Crippen LogP contribution in [0, 0.1) is 5.92 Å². The van der Waals surface area contributed by atoms with Gasteiger partial charge >= 0.3 is 0 Å². The number of carbonyl (C=O) groups is 1. The van der Waals surface area contributed by atoms with Gasteiger partial charge in [0, 0.05) is 25.0 Å². The molecular formula is C23H25N5O. The third-order valence-corrected chi connectivity index (χ3v) is 4.96. The molecule has 4 rings (SSSR count). The smallest absolute Gasteiger partial charge is 0.224 e. The minimum Gasteiger partial charge on any atom is -0.323 e. The van der Waals surface area contributed by atoms with Gasteiger partial charge in [0.15, 0.2) is 0 Å². The van der Waals surface area contributed by atoms with E-state index < -0.39 is 0 Å². The monoisotopic (exact) mass is 387 g/mol. The number of rotatable bonds is 8. The molecule has 0 fully saturated rings. The zero-order valence-corrected chi connectivity index (χ0v) is 16.5. The molecule has 1 N–H and O–H groups in total. The number of hydrogen-bond donors (Lipinski definition) is 1. The molecule has 1 atom stereocenters. The first-order valence-electron chi connectivity index (χ1n) is 9.94. The predicted molar refractivity (Wildman–Crippen MR) is 114 cm³/mol. The molecule has 3 aromatic heterocycles. The lowest BCUT2D eigenvalue weighted by molar-refractivity contribution is -0.117. The highest BCUT2D eigenvalue weighted by Gasteiger charge is 2.11. The zero-order chi connectivity index (χ0) is 20.1. The second kappa shape index (κ2) is 8.73. The van der Waals surface area contributed by atoms with E-state index in [4.69, 9.17) is 0 Å². The summed E-state index contributed by atoms with van der Waals surface area (Å²) in [6, 6.07) is 16.3. The average molecular weight is 387 g/mol. The molecule has 148 valence electrons. The number of hydrogen-bond acceptors (Lipinski definition) is 3.